The maximum absolute atomic E-state index is 2.26. The molecule has 0 aliphatic heterocycles. The Balaban J connectivity index is 2.45. The summed E-state index contributed by atoms with van der Waals surface area (Å²) >= 11 is 0. The van der Waals surface area contributed by atoms with Crippen LogP contribution >= 0.6 is 0 Å². The molecule has 0 saturated carbocycles. The molecule has 0 unspecified atom stereocenters. The zero-order valence-corrected chi connectivity index (χ0v) is 13.5. The monoisotopic (exact) mass is 260 g/mol. The fourth-order valence-corrected chi connectivity index (χ4v) is 3.07. The molecule has 0 saturated heterocycles. The summed E-state index contributed by atoms with van der Waals surface area (Å²) in [5.41, 5.74) is 10.7. The van der Waals surface area contributed by atoms with Crippen LogP contribution in [0.25, 0.3) is 0 Å². The summed E-state index contributed by atoms with van der Waals surface area (Å²) in [5, 5.41) is 0. The molecule has 0 bridgehead atoms. The third kappa shape index (κ3) is 3.17. The zero-order valence-electron chi connectivity index (χ0n) is 13.5. The molecule has 0 radical (unpaired) electrons. The first-order chi connectivity index (χ1) is 9.38. The van der Waals surface area contributed by atoms with Crippen LogP contribution in [0.15, 0.2) is 24.3 Å². The molecule has 0 amide bonds. The van der Waals surface area contributed by atoms with E-state index >= 15 is 0 Å². The van der Waals surface area contributed by atoms with Gasteiger partial charge in [0.1, 0.15) is 0 Å². The third-order valence-electron chi connectivity index (χ3n) is 3.89. The summed E-state index contributed by atoms with van der Waals surface area (Å²) in [4.78, 5) is 0. The molecule has 2 rings (SSSR count). The van der Waals surface area contributed by atoms with Crippen LogP contribution in [0, 0.1) is 41.5 Å². The van der Waals surface area contributed by atoms with Crippen molar-refractivity contribution in [3.63, 3.8) is 0 Å². The number of hydrogen-bond donors (Lipinski definition) is 0. The SMILES string of the molecule is Cc1cc(C)c(B=Bc2c(C)cc(C)cc2C)c(C)c1. The van der Waals surface area contributed by atoms with Crippen molar-refractivity contribution in [2.24, 2.45) is 0 Å². The number of hydrogen-bond acceptors (Lipinski definition) is 0. The summed E-state index contributed by atoms with van der Waals surface area (Å²) in [6, 6.07) is 9.01. The number of aryl methyl sites for hydroxylation is 6. The van der Waals surface area contributed by atoms with E-state index in [9.17, 15) is 0 Å². The Kier molecular flexibility index (Phi) is 4.42. The molecular weight excluding hydrogens is 238 g/mol. The number of benzene rings is 2. The van der Waals surface area contributed by atoms with E-state index < -0.39 is 0 Å². The molecule has 2 aromatic rings. The Bertz CT molecular complexity index is 576. The van der Waals surface area contributed by atoms with Crippen molar-refractivity contribution in [3.8, 4) is 0 Å². The Labute approximate surface area is 124 Å². The van der Waals surface area contributed by atoms with Gasteiger partial charge in [0.05, 0.1) is 0 Å². The van der Waals surface area contributed by atoms with Gasteiger partial charge in [0, 0.05) is 0 Å². The molecule has 0 aliphatic carbocycles. The van der Waals surface area contributed by atoms with Crippen LogP contribution in [0.2, 0.25) is 0 Å². The topological polar surface area (TPSA) is 0 Å². The summed E-state index contributed by atoms with van der Waals surface area (Å²) in [6.07, 6.45) is 0. The summed E-state index contributed by atoms with van der Waals surface area (Å²) < 4.78 is 0. The van der Waals surface area contributed by atoms with E-state index in [1.807, 2.05) is 0 Å². The van der Waals surface area contributed by atoms with Gasteiger partial charge in [-0.25, -0.2) is 0 Å². The number of rotatable bonds is 2. The van der Waals surface area contributed by atoms with Gasteiger partial charge in [0.25, 0.3) is 0 Å². The average Bonchev–Trinajstić information content (AvgIpc) is 2.30. The van der Waals surface area contributed by atoms with Crippen molar-refractivity contribution in [2.45, 2.75) is 41.5 Å². The molecule has 0 nitrogen and oxygen atoms in total. The normalized spacial score (nSPS) is 10.5. The van der Waals surface area contributed by atoms with E-state index in [4.69, 9.17) is 0 Å². The molecule has 2 aromatic carbocycles. The molecular formula is C18H22B2. The molecule has 100 valence electrons. The fraction of sp³-hybridized carbons (Fsp3) is 0.333. The third-order valence-corrected chi connectivity index (χ3v) is 3.89. The molecule has 0 heterocycles. The van der Waals surface area contributed by atoms with E-state index in [1.54, 1.807) is 0 Å². The predicted molar refractivity (Wildman–Crippen MR) is 92.1 cm³/mol. The Morgan fingerprint density at radius 3 is 1.00 bits per heavy atom. The first-order valence-corrected chi connectivity index (χ1v) is 7.22. The van der Waals surface area contributed by atoms with Gasteiger partial charge in [0.2, 0.25) is 0 Å². The second-order valence-electron chi connectivity index (χ2n) is 5.96. The maximum atomic E-state index is 2.26. The molecule has 0 atom stereocenters. The minimum atomic E-state index is 1.33. The van der Waals surface area contributed by atoms with E-state index in [2.05, 4.69) is 79.4 Å². The average molecular weight is 260 g/mol. The van der Waals surface area contributed by atoms with Crippen molar-refractivity contribution in [1.82, 2.24) is 0 Å². The van der Waals surface area contributed by atoms with Gasteiger partial charge in [-0.05, 0) is 0 Å². The van der Waals surface area contributed by atoms with Gasteiger partial charge in [0.15, 0.2) is 0 Å². The summed E-state index contributed by atoms with van der Waals surface area (Å²) in [6.45, 7) is 17.6. The van der Waals surface area contributed by atoms with Crippen molar-refractivity contribution in [1.29, 1.82) is 0 Å². The van der Waals surface area contributed by atoms with Crippen LogP contribution in [0.3, 0.4) is 0 Å². The predicted octanol–water partition coefficient (Wildman–Crippen LogP) is 2.81. The van der Waals surface area contributed by atoms with Gasteiger partial charge in [-0.2, -0.15) is 0 Å². The van der Waals surface area contributed by atoms with Gasteiger partial charge < -0.3 is 0 Å². The van der Waals surface area contributed by atoms with Crippen molar-refractivity contribution in [2.75, 3.05) is 0 Å². The second-order valence-corrected chi connectivity index (χ2v) is 5.96. The summed E-state index contributed by atoms with van der Waals surface area (Å²) in [7, 11) is 0. The Hall–Kier alpha value is -1.43. The zero-order chi connectivity index (χ0) is 14.9. The van der Waals surface area contributed by atoms with Crippen molar-refractivity contribution < 1.29 is 0 Å². The van der Waals surface area contributed by atoms with Crippen LogP contribution < -0.4 is 10.9 Å². The van der Waals surface area contributed by atoms with Crippen LogP contribution in [0.4, 0.5) is 0 Å². The fourth-order valence-electron chi connectivity index (χ4n) is 3.07. The Morgan fingerprint density at radius 1 is 0.500 bits per heavy atom. The Morgan fingerprint density at radius 2 is 0.750 bits per heavy atom. The van der Waals surface area contributed by atoms with Gasteiger partial charge in [-0.1, -0.05) is 0 Å². The first-order valence-electron chi connectivity index (χ1n) is 7.22. The first kappa shape index (κ1) is 15.0. The molecule has 2 heteroatoms. The van der Waals surface area contributed by atoms with Crippen molar-refractivity contribution in [3.05, 3.63) is 57.6 Å². The van der Waals surface area contributed by atoms with Crippen LogP contribution in [0.1, 0.15) is 33.4 Å². The van der Waals surface area contributed by atoms with Crippen molar-refractivity contribution >= 4 is 24.5 Å². The van der Waals surface area contributed by atoms with Crippen LogP contribution in [-0.2, 0) is 0 Å². The van der Waals surface area contributed by atoms with E-state index in [0.29, 0.717) is 0 Å². The van der Waals surface area contributed by atoms with Crippen LogP contribution in [-0.4, -0.2) is 13.6 Å². The summed E-state index contributed by atoms with van der Waals surface area (Å²) in [5.74, 6) is 0. The van der Waals surface area contributed by atoms with Gasteiger partial charge in [-0.15, -0.1) is 0 Å². The van der Waals surface area contributed by atoms with Gasteiger partial charge in [-0.3, -0.25) is 0 Å². The standard InChI is InChI=1S/C18H22B2/c1-11-7-13(3)17(14(4)8-11)19-20-18-15(5)9-12(2)10-16(18)6/h7-10H,1-6H3. The molecule has 0 spiro atoms. The van der Waals surface area contributed by atoms with E-state index in [1.165, 1.54) is 44.3 Å². The molecule has 0 aliphatic rings. The minimum absolute atomic E-state index is 1.33. The molecule has 0 fully saturated rings. The molecule has 0 aromatic heterocycles. The van der Waals surface area contributed by atoms with Crippen LogP contribution in [0.5, 0.6) is 0 Å². The second kappa shape index (κ2) is 5.91. The van der Waals surface area contributed by atoms with E-state index in [0.717, 1.165) is 0 Å². The van der Waals surface area contributed by atoms with Gasteiger partial charge >= 0.3 is 124 Å². The molecule has 0 N–H and O–H groups in total. The molecule has 20 heavy (non-hydrogen) atoms. The quantitative estimate of drug-likeness (QED) is 0.728. The van der Waals surface area contributed by atoms with E-state index in [-0.39, 0.29) is 0 Å².